The lowest BCUT2D eigenvalue weighted by molar-refractivity contribution is -0.120. The SMILES string of the molecule is C=CC(=O)NC1CC2CN(S(=O)(=O)c3ccc(NC(=O)c4ccc(-c5ccccc5)o4)cc3)CC2O1. The number of sulfonamides is 1. The third kappa shape index (κ3) is 4.83. The van der Waals surface area contributed by atoms with Crippen molar-refractivity contribution in [3.05, 3.63) is 85.1 Å². The van der Waals surface area contributed by atoms with Gasteiger partial charge in [-0.15, -0.1) is 0 Å². The Morgan fingerprint density at radius 3 is 2.44 bits per heavy atom. The molecule has 2 amide bonds. The Labute approximate surface area is 208 Å². The van der Waals surface area contributed by atoms with Crippen LogP contribution < -0.4 is 10.6 Å². The first-order valence-electron chi connectivity index (χ1n) is 11.5. The molecule has 2 aromatic carbocycles. The fraction of sp³-hybridized carbons (Fsp3) is 0.231. The largest absolute Gasteiger partial charge is 0.451 e. The van der Waals surface area contributed by atoms with Crippen molar-refractivity contribution in [3.63, 3.8) is 0 Å². The van der Waals surface area contributed by atoms with E-state index in [4.69, 9.17) is 9.15 Å². The standard InChI is InChI=1S/C26H25N3O6S/c1-2-24(30)28-25-14-18-15-29(16-23(18)35-25)36(32,33)20-10-8-19(9-11-20)27-26(31)22-13-12-21(34-22)17-6-4-3-5-7-17/h2-13,18,23,25H,1,14-16H2,(H,27,31)(H,28,30). The number of nitrogens with one attached hydrogen (secondary N) is 2. The molecule has 3 unspecified atom stereocenters. The number of rotatable bonds is 7. The molecule has 1 aromatic heterocycles. The Hall–Kier alpha value is -3.73. The van der Waals surface area contributed by atoms with E-state index in [1.54, 1.807) is 24.3 Å². The molecule has 2 N–H and O–H groups in total. The first kappa shape index (κ1) is 24.0. The van der Waals surface area contributed by atoms with Gasteiger partial charge >= 0.3 is 0 Å². The highest BCUT2D eigenvalue weighted by Crippen LogP contribution is 2.35. The molecule has 2 aliphatic heterocycles. The average molecular weight is 508 g/mol. The van der Waals surface area contributed by atoms with Gasteiger partial charge in [0, 0.05) is 30.3 Å². The molecule has 5 rings (SSSR count). The smallest absolute Gasteiger partial charge is 0.291 e. The van der Waals surface area contributed by atoms with E-state index in [0.29, 0.717) is 24.4 Å². The maximum absolute atomic E-state index is 13.1. The Morgan fingerprint density at radius 1 is 1.00 bits per heavy atom. The topological polar surface area (TPSA) is 118 Å². The van der Waals surface area contributed by atoms with Gasteiger partial charge in [-0.1, -0.05) is 36.9 Å². The van der Waals surface area contributed by atoms with Crippen molar-refractivity contribution in [1.29, 1.82) is 0 Å². The molecule has 0 saturated carbocycles. The summed E-state index contributed by atoms with van der Waals surface area (Å²) in [6.07, 6.45) is 1.01. The van der Waals surface area contributed by atoms with Crippen LogP contribution in [0, 0.1) is 5.92 Å². The summed E-state index contributed by atoms with van der Waals surface area (Å²) in [6, 6.07) is 18.8. The summed E-state index contributed by atoms with van der Waals surface area (Å²) in [7, 11) is -3.73. The Bertz CT molecular complexity index is 1370. The highest BCUT2D eigenvalue weighted by atomic mass is 32.2. The van der Waals surface area contributed by atoms with Crippen molar-refractivity contribution in [2.75, 3.05) is 18.4 Å². The average Bonchev–Trinajstić information content (AvgIpc) is 3.60. The number of nitrogens with zero attached hydrogens (tertiary/aromatic N) is 1. The van der Waals surface area contributed by atoms with Crippen LogP contribution in [0.3, 0.4) is 0 Å². The molecule has 3 aromatic rings. The van der Waals surface area contributed by atoms with E-state index in [0.717, 1.165) is 5.56 Å². The van der Waals surface area contributed by atoms with Gasteiger partial charge < -0.3 is 19.8 Å². The van der Waals surface area contributed by atoms with Crippen LogP contribution in [0.25, 0.3) is 11.3 Å². The van der Waals surface area contributed by atoms with Gasteiger partial charge in [-0.25, -0.2) is 8.42 Å². The van der Waals surface area contributed by atoms with Gasteiger partial charge in [0.2, 0.25) is 15.9 Å². The van der Waals surface area contributed by atoms with Gasteiger partial charge in [-0.2, -0.15) is 4.31 Å². The summed E-state index contributed by atoms with van der Waals surface area (Å²) in [5, 5.41) is 5.42. The molecule has 0 bridgehead atoms. The highest BCUT2D eigenvalue weighted by molar-refractivity contribution is 7.89. The van der Waals surface area contributed by atoms with Crippen LogP contribution >= 0.6 is 0 Å². The molecule has 9 nitrogen and oxygen atoms in total. The van der Waals surface area contributed by atoms with E-state index in [2.05, 4.69) is 17.2 Å². The molecule has 3 atom stereocenters. The number of amides is 2. The first-order chi connectivity index (χ1) is 17.3. The summed E-state index contributed by atoms with van der Waals surface area (Å²) in [5.74, 6) is -0.0223. The highest BCUT2D eigenvalue weighted by Gasteiger charge is 2.46. The van der Waals surface area contributed by atoms with Crippen LogP contribution in [-0.2, 0) is 19.6 Å². The molecule has 0 spiro atoms. The second-order valence-corrected chi connectivity index (χ2v) is 10.6. The Morgan fingerprint density at radius 2 is 1.75 bits per heavy atom. The predicted molar refractivity (Wildman–Crippen MR) is 132 cm³/mol. The molecule has 2 aliphatic rings. The lowest BCUT2D eigenvalue weighted by atomic mass is 10.1. The van der Waals surface area contributed by atoms with E-state index >= 15 is 0 Å². The number of carbonyl (C=O) groups is 2. The summed E-state index contributed by atoms with van der Waals surface area (Å²) in [6.45, 7) is 3.95. The zero-order valence-corrected chi connectivity index (χ0v) is 20.1. The van der Waals surface area contributed by atoms with Crippen molar-refractivity contribution in [3.8, 4) is 11.3 Å². The second-order valence-electron chi connectivity index (χ2n) is 8.70. The van der Waals surface area contributed by atoms with Gasteiger partial charge in [-0.3, -0.25) is 9.59 Å². The molecular formula is C26H25N3O6S. The van der Waals surface area contributed by atoms with Crippen molar-refractivity contribution >= 4 is 27.5 Å². The summed E-state index contributed by atoms with van der Waals surface area (Å²) in [5.41, 5.74) is 1.30. The number of benzene rings is 2. The molecule has 36 heavy (non-hydrogen) atoms. The third-order valence-electron chi connectivity index (χ3n) is 6.33. The first-order valence-corrected chi connectivity index (χ1v) is 12.9. The molecule has 0 aliphatic carbocycles. The van der Waals surface area contributed by atoms with Crippen LogP contribution in [0.4, 0.5) is 5.69 Å². The van der Waals surface area contributed by atoms with Crippen molar-refractivity contribution < 1.29 is 27.2 Å². The van der Waals surface area contributed by atoms with Crippen LogP contribution in [-0.4, -0.2) is 50.0 Å². The van der Waals surface area contributed by atoms with E-state index < -0.39 is 22.2 Å². The zero-order valence-electron chi connectivity index (χ0n) is 19.3. The Balaban J connectivity index is 1.20. The molecule has 3 heterocycles. The lowest BCUT2D eigenvalue weighted by Gasteiger charge is -2.19. The summed E-state index contributed by atoms with van der Waals surface area (Å²) < 4.78 is 39.2. The fourth-order valence-electron chi connectivity index (χ4n) is 4.50. The van der Waals surface area contributed by atoms with Gasteiger partial charge in [-0.05, 0) is 48.9 Å². The number of ether oxygens (including phenoxy) is 1. The molecule has 186 valence electrons. The minimum Gasteiger partial charge on any atom is -0.451 e. The van der Waals surface area contributed by atoms with E-state index in [-0.39, 0.29) is 35.1 Å². The van der Waals surface area contributed by atoms with Gasteiger partial charge in [0.1, 0.15) is 12.0 Å². The molecular weight excluding hydrogens is 482 g/mol. The maximum atomic E-state index is 13.1. The van der Waals surface area contributed by atoms with Crippen LogP contribution in [0.15, 0.2) is 88.7 Å². The van der Waals surface area contributed by atoms with Gasteiger partial charge in [0.15, 0.2) is 5.76 Å². The molecule has 2 fully saturated rings. The van der Waals surface area contributed by atoms with Crippen molar-refractivity contribution in [1.82, 2.24) is 9.62 Å². The van der Waals surface area contributed by atoms with Gasteiger partial charge in [0.25, 0.3) is 5.91 Å². The number of carbonyl (C=O) groups excluding carboxylic acids is 2. The number of fused-ring (bicyclic) bond motifs is 1. The van der Waals surface area contributed by atoms with Crippen LogP contribution in [0.1, 0.15) is 17.0 Å². The summed E-state index contributed by atoms with van der Waals surface area (Å²) >= 11 is 0. The van der Waals surface area contributed by atoms with Crippen LogP contribution in [0.5, 0.6) is 0 Å². The Kier molecular flexibility index (Phi) is 6.48. The maximum Gasteiger partial charge on any atom is 0.291 e. The molecule has 10 heteroatoms. The number of furan rings is 1. The minimum atomic E-state index is -3.73. The minimum absolute atomic E-state index is 0.00234. The third-order valence-corrected chi connectivity index (χ3v) is 8.18. The lowest BCUT2D eigenvalue weighted by Crippen LogP contribution is -2.37. The fourth-order valence-corrected chi connectivity index (χ4v) is 6.01. The zero-order chi connectivity index (χ0) is 25.3. The van der Waals surface area contributed by atoms with Crippen molar-refractivity contribution in [2.24, 2.45) is 5.92 Å². The number of hydrogen-bond acceptors (Lipinski definition) is 6. The summed E-state index contributed by atoms with van der Waals surface area (Å²) in [4.78, 5) is 24.2. The normalized spacial score (nSPS) is 21.6. The van der Waals surface area contributed by atoms with Gasteiger partial charge in [0.05, 0.1) is 11.0 Å². The van der Waals surface area contributed by atoms with E-state index in [1.807, 2.05) is 30.3 Å². The van der Waals surface area contributed by atoms with E-state index in [9.17, 15) is 18.0 Å². The number of hydrogen-bond donors (Lipinski definition) is 2. The second kappa shape index (κ2) is 9.73. The van der Waals surface area contributed by atoms with Crippen molar-refractivity contribution in [2.45, 2.75) is 23.6 Å². The quantitative estimate of drug-likeness (QED) is 0.474. The van der Waals surface area contributed by atoms with Crippen LogP contribution in [0.2, 0.25) is 0 Å². The predicted octanol–water partition coefficient (Wildman–Crippen LogP) is 3.24. The molecule has 0 radical (unpaired) electrons. The molecule has 2 saturated heterocycles. The van der Waals surface area contributed by atoms with E-state index in [1.165, 1.54) is 22.5 Å². The monoisotopic (exact) mass is 507 g/mol. The number of anilines is 1.